The number of allylic oxidation sites excluding steroid dienone is 5. The van der Waals surface area contributed by atoms with E-state index in [9.17, 15) is 19.8 Å². The number of hydrogen-bond acceptors (Lipinski definition) is 2. The summed E-state index contributed by atoms with van der Waals surface area (Å²) in [6.07, 6.45) is 14.7. The van der Waals surface area contributed by atoms with Crippen LogP contribution in [0.15, 0.2) is 35.5 Å². The van der Waals surface area contributed by atoms with E-state index in [2.05, 4.69) is 46.4 Å². The van der Waals surface area contributed by atoms with Gasteiger partial charge >= 0.3 is 11.9 Å². The highest BCUT2D eigenvalue weighted by Crippen LogP contribution is 2.65. The lowest BCUT2D eigenvalue weighted by molar-refractivity contribution is -0.156. The molecule has 0 unspecified atom stereocenters. The zero-order valence-corrected chi connectivity index (χ0v) is 22.7. The number of rotatable bonds is 9. The minimum Gasteiger partial charge on any atom is -0.481 e. The summed E-state index contributed by atoms with van der Waals surface area (Å²) in [6, 6.07) is 0. The molecule has 0 aromatic carbocycles. The van der Waals surface area contributed by atoms with Crippen LogP contribution in [0.25, 0.3) is 0 Å². The van der Waals surface area contributed by atoms with Crippen molar-refractivity contribution in [1.29, 1.82) is 0 Å². The third-order valence-electron chi connectivity index (χ3n) is 10.3. The second-order valence-corrected chi connectivity index (χ2v) is 12.7. The summed E-state index contributed by atoms with van der Waals surface area (Å²) in [5.41, 5.74) is 3.96. The van der Waals surface area contributed by atoms with E-state index in [0.29, 0.717) is 5.92 Å². The van der Waals surface area contributed by atoms with Gasteiger partial charge in [-0.2, -0.15) is 0 Å². The molecular weight excluding hydrogens is 436 g/mol. The average molecular weight is 485 g/mol. The predicted molar refractivity (Wildman–Crippen MR) is 142 cm³/mol. The fourth-order valence-electron chi connectivity index (χ4n) is 8.09. The first-order valence-corrected chi connectivity index (χ1v) is 13.8. The maximum absolute atomic E-state index is 12.4. The van der Waals surface area contributed by atoms with Gasteiger partial charge in [0.15, 0.2) is 0 Å². The van der Waals surface area contributed by atoms with Crippen molar-refractivity contribution in [2.24, 2.45) is 40.4 Å². The van der Waals surface area contributed by atoms with Gasteiger partial charge in [-0.1, -0.05) is 55.7 Å². The summed E-state index contributed by atoms with van der Waals surface area (Å²) >= 11 is 0. The molecular formula is C31H48O4. The molecule has 0 bridgehead atoms. The van der Waals surface area contributed by atoms with Crippen LogP contribution in [0.3, 0.4) is 0 Å². The Labute approximate surface area is 213 Å². The van der Waals surface area contributed by atoms with Gasteiger partial charge in [-0.3, -0.25) is 9.59 Å². The van der Waals surface area contributed by atoms with Crippen molar-refractivity contribution in [1.82, 2.24) is 0 Å². The highest BCUT2D eigenvalue weighted by molar-refractivity contribution is 5.70. The Morgan fingerprint density at radius 1 is 1.17 bits per heavy atom. The monoisotopic (exact) mass is 484 g/mol. The molecule has 3 rings (SSSR count). The third kappa shape index (κ3) is 5.94. The molecule has 196 valence electrons. The van der Waals surface area contributed by atoms with Crippen LogP contribution in [0.4, 0.5) is 0 Å². The van der Waals surface area contributed by atoms with Gasteiger partial charge in [0.25, 0.3) is 0 Å². The normalized spacial score (nSPS) is 35.9. The molecule has 0 heterocycles. The maximum atomic E-state index is 12.4. The van der Waals surface area contributed by atoms with Crippen LogP contribution in [0.1, 0.15) is 105 Å². The molecule has 35 heavy (non-hydrogen) atoms. The second-order valence-electron chi connectivity index (χ2n) is 12.7. The second kappa shape index (κ2) is 11.0. The number of carboxylic acids is 2. The largest absolute Gasteiger partial charge is 0.481 e. The zero-order valence-electron chi connectivity index (χ0n) is 22.7. The van der Waals surface area contributed by atoms with Gasteiger partial charge in [-0.15, -0.1) is 0 Å². The van der Waals surface area contributed by atoms with Gasteiger partial charge in [0.2, 0.25) is 0 Å². The van der Waals surface area contributed by atoms with Crippen LogP contribution in [0.2, 0.25) is 0 Å². The molecule has 4 nitrogen and oxygen atoms in total. The fraction of sp³-hybridized carbons (Fsp3) is 0.742. The van der Waals surface area contributed by atoms with E-state index in [4.69, 9.17) is 0 Å². The number of carboxylic acid groups (broad SMARTS) is 2. The molecule has 2 N–H and O–H groups in total. The Kier molecular flexibility index (Phi) is 8.76. The van der Waals surface area contributed by atoms with Crippen LogP contribution in [0.5, 0.6) is 0 Å². The summed E-state index contributed by atoms with van der Waals surface area (Å²) < 4.78 is 0. The molecule has 0 aromatic rings. The van der Waals surface area contributed by atoms with Crippen molar-refractivity contribution in [3.05, 3.63) is 35.5 Å². The Morgan fingerprint density at radius 2 is 1.89 bits per heavy atom. The van der Waals surface area contributed by atoms with E-state index in [0.717, 1.165) is 69.8 Å². The molecule has 3 aliphatic carbocycles. The molecule has 2 fully saturated rings. The predicted octanol–water partition coefficient (Wildman–Crippen LogP) is 8.05. The maximum Gasteiger partial charge on any atom is 0.306 e. The summed E-state index contributed by atoms with van der Waals surface area (Å²) in [5, 5.41) is 19.7. The van der Waals surface area contributed by atoms with Crippen molar-refractivity contribution in [2.75, 3.05) is 0 Å². The Balaban J connectivity index is 1.80. The fourth-order valence-corrected chi connectivity index (χ4v) is 8.09. The molecule has 0 aromatic heterocycles. The number of fused-ring (bicyclic) bond motifs is 1. The molecule has 0 saturated heterocycles. The van der Waals surface area contributed by atoms with Gasteiger partial charge in [0, 0.05) is 6.42 Å². The first kappa shape index (κ1) is 27.7. The lowest BCUT2D eigenvalue weighted by Gasteiger charge is -2.61. The van der Waals surface area contributed by atoms with Gasteiger partial charge in [-0.25, -0.2) is 0 Å². The van der Waals surface area contributed by atoms with E-state index in [1.807, 2.05) is 6.92 Å². The smallest absolute Gasteiger partial charge is 0.306 e. The first-order valence-electron chi connectivity index (χ1n) is 13.8. The zero-order chi connectivity index (χ0) is 26.0. The standard InChI is InChI=1S/C31H48O4/c1-20(2)9-7-10-26(29(34)35)27-11-8-15-30(5)19-23(14-16-31(27,30)6)22-12-13-25(21(3)4)24(17-22)18-28(32)33/h9,12,23-27H,3,7-8,10-11,13-19H2,1-2,4-6H3,(H,32,33)(H,34,35)/t23-,24-,25+,26+,27+,30-,31+/m1/s1. The molecule has 0 radical (unpaired) electrons. The molecule has 0 aliphatic heterocycles. The molecule has 0 amide bonds. The van der Waals surface area contributed by atoms with Crippen molar-refractivity contribution in [3.63, 3.8) is 0 Å². The van der Waals surface area contributed by atoms with E-state index >= 15 is 0 Å². The van der Waals surface area contributed by atoms with Crippen molar-refractivity contribution in [3.8, 4) is 0 Å². The lowest BCUT2D eigenvalue weighted by atomic mass is 9.44. The lowest BCUT2D eigenvalue weighted by Crippen LogP contribution is -2.53. The quantitative estimate of drug-likeness (QED) is 0.325. The summed E-state index contributed by atoms with van der Waals surface area (Å²) in [5.74, 6) is -0.513. The van der Waals surface area contributed by atoms with E-state index in [1.165, 1.54) is 11.1 Å². The molecule has 7 atom stereocenters. The first-order chi connectivity index (χ1) is 16.4. The van der Waals surface area contributed by atoms with Crippen LogP contribution < -0.4 is 0 Å². The van der Waals surface area contributed by atoms with Crippen LogP contribution in [-0.4, -0.2) is 22.2 Å². The van der Waals surface area contributed by atoms with Gasteiger partial charge in [0.1, 0.15) is 0 Å². The Hall–Kier alpha value is -1.84. The van der Waals surface area contributed by atoms with E-state index in [1.54, 1.807) is 0 Å². The van der Waals surface area contributed by atoms with Gasteiger partial charge in [-0.05, 0) is 113 Å². The highest BCUT2D eigenvalue weighted by Gasteiger charge is 2.57. The van der Waals surface area contributed by atoms with Gasteiger partial charge in [0.05, 0.1) is 5.92 Å². The Bertz CT molecular complexity index is 878. The number of aliphatic carboxylic acids is 2. The molecule has 2 saturated carbocycles. The number of hydrogen-bond donors (Lipinski definition) is 2. The van der Waals surface area contributed by atoms with Crippen LogP contribution in [0, 0.1) is 40.4 Å². The molecule has 4 heteroatoms. The summed E-state index contributed by atoms with van der Waals surface area (Å²) in [7, 11) is 0. The van der Waals surface area contributed by atoms with E-state index < -0.39 is 11.9 Å². The van der Waals surface area contributed by atoms with Crippen LogP contribution >= 0.6 is 0 Å². The van der Waals surface area contributed by atoms with Crippen molar-refractivity contribution >= 4 is 11.9 Å². The summed E-state index contributed by atoms with van der Waals surface area (Å²) in [4.78, 5) is 24.0. The van der Waals surface area contributed by atoms with Gasteiger partial charge < -0.3 is 10.2 Å². The average Bonchev–Trinajstić information content (AvgIpc) is 2.75. The molecule has 3 aliphatic rings. The third-order valence-corrected chi connectivity index (χ3v) is 10.3. The Morgan fingerprint density at radius 3 is 2.49 bits per heavy atom. The topological polar surface area (TPSA) is 74.6 Å². The van der Waals surface area contributed by atoms with Crippen molar-refractivity contribution < 1.29 is 19.8 Å². The minimum atomic E-state index is -0.714. The van der Waals surface area contributed by atoms with Crippen molar-refractivity contribution in [2.45, 2.75) is 105 Å². The molecule has 0 spiro atoms. The van der Waals surface area contributed by atoms with Crippen LogP contribution in [-0.2, 0) is 9.59 Å². The summed E-state index contributed by atoms with van der Waals surface area (Å²) in [6.45, 7) is 15.2. The van der Waals surface area contributed by atoms with E-state index in [-0.39, 0.29) is 40.9 Å². The highest BCUT2D eigenvalue weighted by atomic mass is 16.4. The SMILES string of the molecule is C=C(C)[C@@H]1CC=C([C@@H]2CC[C@@]3(C)[C@H]([C@H](CCC=C(C)C)C(=O)O)CCC[C@]3(C)C2)C[C@@H]1CC(=O)O. The number of carbonyl (C=O) groups is 2. The minimum absolute atomic E-state index is 0.0334.